The second-order valence-corrected chi connectivity index (χ2v) is 4.62. The third-order valence-corrected chi connectivity index (χ3v) is 3.09. The molecule has 3 N–H and O–H groups in total. The molecule has 1 amide bonds. The van der Waals surface area contributed by atoms with Crippen molar-refractivity contribution in [3.8, 4) is 0 Å². The first-order valence-corrected chi connectivity index (χ1v) is 6.35. The number of halogens is 2. The summed E-state index contributed by atoms with van der Waals surface area (Å²) in [5.41, 5.74) is 0.440. The number of aliphatic hydroxyl groups excluding tert-OH is 1. The molecule has 18 heavy (non-hydrogen) atoms. The molecule has 1 rings (SSSR count). The van der Waals surface area contributed by atoms with Crippen LogP contribution >= 0.6 is 23.2 Å². The maximum absolute atomic E-state index is 11.4. The van der Waals surface area contributed by atoms with Crippen LogP contribution in [0.25, 0.3) is 0 Å². The standard InChI is InChI=1S/C12H16Cl2N2O2/c1-15-6-5-11(18)16-7-10(17)12-8(13)3-2-4-9(12)14/h2-4,10,15,17H,5-7H2,1H3,(H,16,18). The van der Waals surface area contributed by atoms with Crippen molar-refractivity contribution in [2.24, 2.45) is 0 Å². The molecule has 0 aliphatic heterocycles. The fourth-order valence-electron chi connectivity index (χ4n) is 1.47. The average Bonchev–Trinajstić information content (AvgIpc) is 2.33. The summed E-state index contributed by atoms with van der Waals surface area (Å²) in [7, 11) is 1.77. The Morgan fingerprint density at radius 1 is 1.39 bits per heavy atom. The van der Waals surface area contributed by atoms with Gasteiger partial charge in [-0.2, -0.15) is 0 Å². The van der Waals surface area contributed by atoms with Crippen molar-refractivity contribution >= 4 is 29.1 Å². The molecule has 0 aliphatic rings. The minimum absolute atomic E-state index is 0.0893. The van der Waals surface area contributed by atoms with Gasteiger partial charge in [-0.1, -0.05) is 29.3 Å². The molecule has 0 saturated heterocycles. The van der Waals surface area contributed by atoms with Crippen LogP contribution in [-0.2, 0) is 4.79 Å². The summed E-state index contributed by atoms with van der Waals surface area (Å²) in [5.74, 6) is -0.133. The summed E-state index contributed by atoms with van der Waals surface area (Å²) in [6.45, 7) is 0.681. The number of hydrogen-bond acceptors (Lipinski definition) is 3. The van der Waals surface area contributed by atoms with Crippen LogP contribution in [0.5, 0.6) is 0 Å². The van der Waals surface area contributed by atoms with E-state index in [-0.39, 0.29) is 12.5 Å². The van der Waals surface area contributed by atoms with Gasteiger partial charge in [0, 0.05) is 35.1 Å². The first-order valence-electron chi connectivity index (χ1n) is 5.59. The van der Waals surface area contributed by atoms with E-state index in [2.05, 4.69) is 10.6 Å². The van der Waals surface area contributed by atoms with Gasteiger partial charge in [0.25, 0.3) is 0 Å². The third kappa shape index (κ3) is 4.46. The Hall–Kier alpha value is -0.810. The maximum Gasteiger partial charge on any atom is 0.221 e. The van der Waals surface area contributed by atoms with Gasteiger partial charge >= 0.3 is 0 Å². The molecular formula is C12H16Cl2N2O2. The highest BCUT2D eigenvalue weighted by atomic mass is 35.5. The number of hydrogen-bond donors (Lipinski definition) is 3. The predicted molar refractivity (Wildman–Crippen MR) is 73.0 cm³/mol. The Labute approximate surface area is 116 Å². The molecule has 6 heteroatoms. The van der Waals surface area contributed by atoms with Crippen LogP contribution in [0, 0.1) is 0 Å². The summed E-state index contributed by atoms with van der Waals surface area (Å²) in [6, 6.07) is 5.00. The zero-order chi connectivity index (χ0) is 13.5. The summed E-state index contributed by atoms with van der Waals surface area (Å²) in [5, 5.41) is 16.2. The van der Waals surface area contributed by atoms with E-state index in [1.54, 1.807) is 25.2 Å². The number of amides is 1. The van der Waals surface area contributed by atoms with Crippen molar-refractivity contribution in [3.05, 3.63) is 33.8 Å². The van der Waals surface area contributed by atoms with Crippen molar-refractivity contribution in [2.75, 3.05) is 20.1 Å². The molecule has 0 heterocycles. The number of carbonyl (C=O) groups is 1. The number of benzene rings is 1. The average molecular weight is 291 g/mol. The molecule has 0 radical (unpaired) electrons. The lowest BCUT2D eigenvalue weighted by Crippen LogP contribution is -2.30. The fourth-order valence-corrected chi connectivity index (χ4v) is 2.12. The Kier molecular flexibility index (Phi) is 6.43. The zero-order valence-corrected chi connectivity index (χ0v) is 11.6. The predicted octanol–water partition coefficient (Wildman–Crippen LogP) is 1.75. The van der Waals surface area contributed by atoms with Gasteiger partial charge in [-0.05, 0) is 19.2 Å². The molecule has 1 aromatic carbocycles. The zero-order valence-electron chi connectivity index (χ0n) is 10.0. The Morgan fingerprint density at radius 3 is 2.56 bits per heavy atom. The van der Waals surface area contributed by atoms with Crippen molar-refractivity contribution in [3.63, 3.8) is 0 Å². The smallest absolute Gasteiger partial charge is 0.221 e. The molecule has 0 spiro atoms. The molecule has 0 saturated carbocycles. The highest BCUT2D eigenvalue weighted by Crippen LogP contribution is 2.29. The van der Waals surface area contributed by atoms with Gasteiger partial charge in [0.2, 0.25) is 5.91 Å². The SMILES string of the molecule is CNCCC(=O)NCC(O)c1c(Cl)cccc1Cl. The number of aliphatic hydroxyl groups is 1. The Bertz CT molecular complexity index is 393. The van der Waals surface area contributed by atoms with E-state index in [1.165, 1.54) is 0 Å². The van der Waals surface area contributed by atoms with E-state index in [1.807, 2.05) is 0 Å². The molecule has 1 aromatic rings. The molecular weight excluding hydrogens is 275 g/mol. The van der Waals surface area contributed by atoms with Crippen molar-refractivity contribution in [1.82, 2.24) is 10.6 Å². The van der Waals surface area contributed by atoms with E-state index in [4.69, 9.17) is 23.2 Å². The van der Waals surface area contributed by atoms with Crippen LogP contribution in [-0.4, -0.2) is 31.2 Å². The largest absolute Gasteiger partial charge is 0.386 e. The minimum Gasteiger partial charge on any atom is -0.386 e. The monoisotopic (exact) mass is 290 g/mol. The van der Waals surface area contributed by atoms with Crippen molar-refractivity contribution in [1.29, 1.82) is 0 Å². The lowest BCUT2D eigenvalue weighted by Gasteiger charge is -2.15. The van der Waals surface area contributed by atoms with Crippen LogP contribution in [0.15, 0.2) is 18.2 Å². The van der Waals surface area contributed by atoms with Gasteiger partial charge in [-0.15, -0.1) is 0 Å². The van der Waals surface area contributed by atoms with E-state index >= 15 is 0 Å². The van der Waals surface area contributed by atoms with Gasteiger partial charge in [0.15, 0.2) is 0 Å². The molecule has 1 unspecified atom stereocenters. The van der Waals surface area contributed by atoms with Crippen LogP contribution in [0.2, 0.25) is 10.0 Å². The highest BCUT2D eigenvalue weighted by molar-refractivity contribution is 6.36. The van der Waals surface area contributed by atoms with Crippen molar-refractivity contribution < 1.29 is 9.90 Å². The second-order valence-electron chi connectivity index (χ2n) is 3.81. The fraction of sp³-hybridized carbons (Fsp3) is 0.417. The molecule has 1 atom stereocenters. The van der Waals surface area contributed by atoms with Gasteiger partial charge < -0.3 is 15.7 Å². The summed E-state index contributed by atoms with van der Waals surface area (Å²) in [6.07, 6.45) is -0.552. The maximum atomic E-state index is 11.4. The molecule has 100 valence electrons. The van der Waals surface area contributed by atoms with E-state index in [0.29, 0.717) is 28.6 Å². The Morgan fingerprint density at radius 2 is 2.00 bits per heavy atom. The first kappa shape index (κ1) is 15.2. The van der Waals surface area contributed by atoms with Gasteiger partial charge in [-0.25, -0.2) is 0 Å². The first-order chi connectivity index (χ1) is 8.56. The molecule has 0 bridgehead atoms. The van der Waals surface area contributed by atoms with Crippen LogP contribution < -0.4 is 10.6 Å². The lowest BCUT2D eigenvalue weighted by atomic mass is 10.1. The molecule has 0 aromatic heterocycles. The van der Waals surface area contributed by atoms with Gasteiger partial charge in [0.05, 0.1) is 6.10 Å². The number of rotatable bonds is 6. The third-order valence-electron chi connectivity index (χ3n) is 2.43. The molecule has 4 nitrogen and oxygen atoms in total. The molecule has 0 aliphatic carbocycles. The van der Waals surface area contributed by atoms with Gasteiger partial charge in [-0.3, -0.25) is 4.79 Å². The van der Waals surface area contributed by atoms with Crippen LogP contribution in [0.3, 0.4) is 0 Å². The quantitative estimate of drug-likeness (QED) is 0.748. The number of carbonyl (C=O) groups excluding carboxylic acids is 1. The van der Waals surface area contributed by atoms with E-state index < -0.39 is 6.10 Å². The Balaban J connectivity index is 2.55. The minimum atomic E-state index is -0.912. The summed E-state index contributed by atoms with van der Waals surface area (Å²) < 4.78 is 0. The summed E-state index contributed by atoms with van der Waals surface area (Å²) in [4.78, 5) is 11.4. The van der Waals surface area contributed by atoms with Gasteiger partial charge in [0.1, 0.15) is 0 Å². The molecule has 0 fully saturated rings. The second kappa shape index (κ2) is 7.59. The number of nitrogens with one attached hydrogen (secondary N) is 2. The van der Waals surface area contributed by atoms with Crippen LogP contribution in [0.4, 0.5) is 0 Å². The summed E-state index contributed by atoms with van der Waals surface area (Å²) >= 11 is 11.9. The normalized spacial score (nSPS) is 12.2. The topological polar surface area (TPSA) is 61.4 Å². The lowest BCUT2D eigenvalue weighted by molar-refractivity contribution is -0.121. The van der Waals surface area contributed by atoms with Crippen molar-refractivity contribution in [2.45, 2.75) is 12.5 Å². The highest BCUT2D eigenvalue weighted by Gasteiger charge is 2.15. The van der Waals surface area contributed by atoms with E-state index in [9.17, 15) is 9.90 Å². The van der Waals surface area contributed by atoms with E-state index in [0.717, 1.165) is 0 Å². The van der Waals surface area contributed by atoms with Crippen LogP contribution in [0.1, 0.15) is 18.1 Å².